The van der Waals surface area contributed by atoms with Crippen LogP contribution in [0.15, 0.2) is 29.2 Å². The van der Waals surface area contributed by atoms with E-state index < -0.39 is 9.84 Å². The molecule has 0 aliphatic rings. The van der Waals surface area contributed by atoms with E-state index in [9.17, 15) is 8.42 Å². The van der Waals surface area contributed by atoms with Crippen LogP contribution in [0.4, 0.5) is 5.69 Å². The third-order valence-electron chi connectivity index (χ3n) is 3.17. The molecule has 0 saturated heterocycles. The molecule has 114 valence electrons. The minimum absolute atomic E-state index is 0.368. The monoisotopic (exact) mass is 297 g/mol. The second-order valence-electron chi connectivity index (χ2n) is 6.40. The molecule has 0 fully saturated rings. The normalized spacial score (nSPS) is 12.4. The molecule has 0 aliphatic carbocycles. The number of hydrogen-bond acceptors (Lipinski definition) is 3. The standard InChI is InChI=1S/C16H27NO2S/c1-12(2)10-15(11-13(3)4)17-14-6-8-16(9-7-14)20(5,18)19/h6-9,12-13,15,17H,10-11H2,1-5H3. The summed E-state index contributed by atoms with van der Waals surface area (Å²) in [5.74, 6) is 1.28. The minimum Gasteiger partial charge on any atom is -0.382 e. The van der Waals surface area contributed by atoms with Gasteiger partial charge in [0, 0.05) is 18.0 Å². The Morgan fingerprint density at radius 1 is 0.950 bits per heavy atom. The Labute approximate surface area is 123 Å². The fourth-order valence-corrected chi connectivity index (χ4v) is 3.02. The van der Waals surface area contributed by atoms with Crippen LogP contribution in [-0.2, 0) is 9.84 Å². The number of hydrogen-bond donors (Lipinski definition) is 1. The zero-order chi connectivity index (χ0) is 15.3. The largest absolute Gasteiger partial charge is 0.382 e. The van der Waals surface area contributed by atoms with Gasteiger partial charge in [0.2, 0.25) is 0 Å². The van der Waals surface area contributed by atoms with Crippen LogP contribution in [0.3, 0.4) is 0 Å². The average molecular weight is 297 g/mol. The van der Waals surface area contributed by atoms with Gasteiger partial charge in [-0.05, 0) is 48.9 Å². The Morgan fingerprint density at radius 2 is 1.40 bits per heavy atom. The Bertz CT molecular complexity index is 494. The molecule has 0 heterocycles. The van der Waals surface area contributed by atoms with Crippen molar-refractivity contribution in [3.8, 4) is 0 Å². The van der Waals surface area contributed by atoms with Gasteiger partial charge in [0.15, 0.2) is 9.84 Å². The Hall–Kier alpha value is -1.03. The number of benzene rings is 1. The van der Waals surface area contributed by atoms with Crippen LogP contribution in [0.2, 0.25) is 0 Å². The van der Waals surface area contributed by atoms with E-state index in [1.807, 2.05) is 12.1 Å². The molecule has 1 aromatic carbocycles. The maximum Gasteiger partial charge on any atom is 0.175 e. The van der Waals surface area contributed by atoms with Crippen LogP contribution in [0.5, 0.6) is 0 Å². The van der Waals surface area contributed by atoms with Gasteiger partial charge in [0.25, 0.3) is 0 Å². The van der Waals surface area contributed by atoms with Crippen LogP contribution in [0, 0.1) is 11.8 Å². The predicted molar refractivity (Wildman–Crippen MR) is 85.9 cm³/mol. The highest BCUT2D eigenvalue weighted by molar-refractivity contribution is 7.90. The molecule has 0 saturated carbocycles. The van der Waals surface area contributed by atoms with Gasteiger partial charge in [-0.2, -0.15) is 0 Å². The summed E-state index contributed by atoms with van der Waals surface area (Å²) in [6.07, 6.45) is 3.47. The van der Waals surface area contributed by atoms with Gasteiger partial charge in [-0.3, -0.25) is 0 Å². The topological polar surface area (TPSA) is 46.2 Å². The van der Waals surface area contributed by atoms with Crippen LogP contribution < -0.4 is 5.32 Å². The molecule has 0 atom stereocenters. The zero-order valence-corrected chi connectivity index (χ0v) is 14.0. The highest BCUT2D eigenvalue weighted by atomic mass is 32.2. The summed E-state index contributed by atoms with van der Waals surface area (Å²) in [4.78, 5) is 0.368. The molecular weight excluding hydrogens is 270 g/mol. The van der Waals surface area contributed by atoms with E-state index in [0.29, 0.717) is 22.8 Å². The van der Waals surface area contributed by atoms with E-state index in [2.05, 4.69) is 33.0 Å². The molecule has 1 N–H and O–H groups in total. The van der Waals surface area contributed by atoms with Gasteiger partial charge < -0.3 is 5.32 Å². The van der Waals surface area contributed by atoms with Crippen molar-refractivity contribution in [1.29, 1.82) is 0 Å². The lowest BCUT2D eigenvalue weighted by Gasteiger charge is -2.23. The van der Waals surface area contributed by atoms with Crippen molar-refractivity contribution < 1.29 is 8.42 Å². The lowest BCUT2D eigenvalue weighted by molar-refractivity contribution is 0.442. The second-order valence-corrected chi connectivity index (χ2v) is 8.41. The number of sulfone groups is 1. The van der Waals surface area contributed by atoms with E-state index in [1.54, 1.807) is 12.1 Å². The van der Waals surface area contributed by atoms with E-state index in [-0.39, 0.29) is 0 Å². The summed E-state index contributed by atoms with van der Waals surface area (Å²) in [7, 11) is -3.11. The van der Waals surface area contributed by atoms with Crippen molar-refractivity contribution in [2.45, 2.75) is 51.5 Å². The summed E-state index contributed by atoms with van der Waals surface area (Å²) in [6.45, 7) is 8.90. The lowest BCUT2D eigenvalue weighted by atomic mass is 9.95. The van der Waals surface area contributed by atoms with Crippen LogP contribution in [0.25, 0.3) is 0 Å². The van der Waals surface area contributed by atoms with Gasteiger partial charge in [0.1, 0.15) is 0 Å². The summed E-state index contributed by atoms with van der Waals surface area (Å²) >= 11 is 0. The van der Waals surface area contributed by atoms with Gasteiger partial charge in [-0.1, -0.05) is 27.7 Å². The number of rotatable bonds is 7. The van der Waals surface area contributed by atoms with Gasteiger partial charge in [-0.25, -0.2) is 8.42 Å². The molecule has 0 spiro atoms. The summed E-state index contributed by atoms with van der Waals surface area (Å²) in [5, 5.41) is 3.53. The molecule has 1 aromatic rings. The first-order chi connectivity index (χ1) is 9.18. The molecule has 3 nitrogen and oxygen atoms in total. The predicted octanol–water partition coefficient (Wildman–Crippen LogP) is 3.96. The summed E-state index contributed by atoms with van der Waals surface area (Å²) in [6, 6.07) is 7.46. The highest BCUT2D eigenvalue weighted by Gasteiger charge is 2.13. The maximum atomic E-state index is 11.4. The molecule has 0 radical (unpaired) electrons. The Morgan fingerprint density at radius 3 is 1.75 bits per heavy atom. The van der Waals surface area contributed by atoms with Crippen LogP contribution >= 0.6 is 0 Å². The Kier molecular flexibility index (Phi) is 6.06. The first-order valence-corrected chi connectivity index (χ1v) is 9.14. The molecule has 1 rings (SSSR count). The fourth-order valence-electron chi connectivity index (χ4n) is 2.39. The first-order valence-electron chi connectivity index (χ1n) is 7.25. The molecule has 0 unspecified atom stereocenters. The second kappa shape index (κ2) is 7.11. The number of anilines is 1. The van der Waals surface area contributed by atoms with Crippen molar-refractivity contribution in [3.63, 3.8) is 0 Å². The minimum atomic E-state index is -3.11. The van der Waals surface area contributed by atoms with Crippen molar-refractivity contribution in [2.75, 3.05) is 11.6 Å². The summed E-state index contributed by atoms with van der Waals surface area (Å²) in [5.41, 5.74) is 0.990. The SMILES string of the molecule is CC(C)CC(CC(C)C)Nc1ccc(S(C)(=O)=O)cc1. The zero-order valence-electron chi connectivity index (χ0n) is 13.2. The molecule has 4 heteroatoms. The number of nitrogens with one attached hydrogen (secondary N) is 1. The maximum absolute atomic E-state index is 11.4. The van der Waals surface area contributed by atoms with Crippen molar-refractivity contribution in [3.05, 3.63) is 24.3 Å². The lowest BCUT2D eigenvalue weighted by Crippen LogP contribution is -2.23. The molecule has 0 aromatic heterocycles. The Balaban J connectivity index is 2.78. The van der Waals surface area contributed by atoms with Gasteiger partial charge in [-0.15, -0.1) is 0 Å². The molecule has 0 bridgehead atoms. The van der Waals surface area contributed by atoms with Crippen LogP contribution in [-0.4, -0.2) is 20.7 Å². The van der Waals surface area contributed by atoms with E-state index in [0.717, 1.165) is 18.5 Å². The van der Waals surface area contributed by atoms with Crippen molar-refractivity contribution in [2.24, 2.45) is 11.8 Å². The van der Waals surface area contributed by atoms with Crippen LogP contribution in [0.1, 0.15) is 40.5 Å². The van der Waals surface area contributed by atoms with Crippen molar-refractivity contribution in [1.82, 2.24) is 0 Å². The molecule has 20 heavy (non-hydrogen) atoms. The first kappa shape index (κ1) is 17.0. The van der Waals surface area contributed by atoms with E-state index in [1.165, 1.54) is 6.26 Å². The smallest absolute Gasteiger partial charge is 0.175 e. The third kappa shape index (κ3) is 5.95. The molecular formula is C16H27NO2S. The summed E-state index contributed by atoms with van der Waals surface area (Å²) < 4.78 is 22.9. The average Bonchev–Trinajstić information content (AvgIpc) is 2.26. The van der Waals surface area contributed by atoms with E-state index in [4.69, 9.17) is 0 Å². The quantitative estimate of drug-likeness (QED) is 0.828. The molecule has 0 aliphatic heterocycles. The third-order valence-corrected chi connectivity index (χ3v) is 4.29. The van der Waals surface area contributed by atoms with Gasteiger partial charge in [0.05, 0.1) is 4.90 Å². The van der Waals surface area contributed by atoms with Crippen molar-refractivity contribution >= 4 is 15.5 Å². The molecule has 0 amide bonds. The van der Waals surface area contributed by atoms with E-state index >= 15 is 0 Å². The fraction of sp³-hybridized carbons (Fsp3) is 0.625. The van der Waals surface area contributed by atoms with Gasteiger partial charge >= 0.3 is 0 Å². The highest BCUT2D eigenvalue weighted by Crippen LogP contribution is 2.20.